The number of ether oxygens (including phenoxy) is 3. The van der Waals surface area contributed by atoms with E-state index < -0.39 is 23.2 Å². The summed E-state index contributed by atoms with van der Waals surface area (Å²) < 4.78 is 73.1. The molecule has 6 nitrogen and oxygen atoms in total. The molecule has 3 aromatic rings. The van der Waals surface area contributed by atoms with Crippen LogP contribution in [-0.4, -0.2) is 34.9 Å². The van der Waals surface area contributed by atoms with Crippen molar-refractivity contribution in [2.45, 2.75) is 56.9 Å². The van der Waals surface area contributed by atoms with Crippen molar-refractivity contribution in [2.24, 2.45) is 11.8 Å². The molecule has 2 fully saturated rings. The van der Waals surface area contributed by atoms with E-state index in [1.807, 2.05) is 0 Å². The number of pyridine rings is 1. The van der Waals surface area contributed by atoms with Crippen molar-refractivity contribution < 1.29 is 41.7 Å². The number of hydrogen-bond donors (Lipinski definition) is 1. The van der Waals surface area contributed by atoms with Crippen LogP contribution in [0.4, 0.5) is 17.6 Å². The number of benzene rings is 2. The summed E-state index contributed by atoms with van der Waals surface area (Å²) in [6.07, 6.45) is -0.610. The molecular weight excluding hydrogens is 542 g/mol. The van der Waals surface area contributed by atoms with Crippen LogP contribution in [0, 0.1) is 17.7 Å². The first-order valence-corrected chi connectivity index (χ1v) is 13.7. The van der Waals surface area contributed by atoms with Gasteiger partial charge >= 0.3 is 12.1 Å². The van der Waals surface area contributed by atoms with E-state index in [-0.39, 0.29) is 65.3 Å². The summed E-state index contributed by atoms with van der Waals surface area (Å²) in [5.74, 6) is -0.317. The van der Waals surface area contributed by atoms with E-state index in [4.69, 9.17) is 14.2 Å². The Hall–Kier alpha value is -3.66. The molecule has 0 aliphatic heterocycles. The van der Waals surface area contributed by atoms with E-state index >= 15 is 0 Å². The van der Waals surface area contributed by atoms with Gasteiger partial charge in [-0.25, -0.2) is 9.37 Å². The molecule has 0 amide bonds. The van der Waals surface area contributed by atoms with Crippen LogP contribution < -0.4 is 9.47 Å². The third-order valence-electron chi connectivity index (χ3n) is 8.23. The van der Waals surface area contributed by atoms with Crippen molar-refractivity contribution in [3.8, 4) is 22.8 Å². The Kier molecular flexibility index (Phi) is 6.92. The van der Waals surface area contributed by atoms with Crippen LogP contribution >= 0.6 is 0 Å². The van der Waals surface area contributed by atoms with Gasteiger partial charge in [0, 0.05) is 30.2 Å². The first-order chi connectivity index (χ1) is 19.6. The molecule has 41 heavy (non-hydrogen) atoms. The summed E-state index contributed by atoms with van der Waals surface area (Å²) in [5.41, 5.74) is 0.496. The summed E-state index contributed by atoms with van der Waals surface area (Å²) >= 11 is 0. The zero-order valence-electron chi connectivity index (χ0n) is 22.3. The highest BCUT2D eigenvalue weighted by Crippen LogP contribution is 2.61. The topological polar surface area (TPSA) is 77.9 Å². The van der Waals surface area contributed by atoms with Gasteiger partial charge in [-0.2, -0.15) is 13.2 Å². The fraction of sp³-hybridized carbons (Fsp3) is 0.419. The molecule has 6 rings (SSSR count). The van der Waals surface area contributed by atoms with Crippen LogP contribution in [0.25, 0.3) is 11.1 Å². The number of aliphatic hydroxyl groups is 1. The van der Waals surface area contributed by atoms with Gasteiger partial charge < -0.3 is 19.3 Å². The molecule has 0 saturated heterocycles. The van der Waals surface area contributed by atoms with Gasteiger partial charge in [0.25, 0.3) is 0 Å². The second kappa shape index (κ2) is 10.3. The molecule has 1 aromatic heterocycles. The van der Waals surface area contributed by atoms with Gasteiger partial charge in [0.15, 0.2) is 0 Å². The monoisotopic (exact) mass is 571 g/mol. The number of hydrogen-bond acceptors (Lipinski definition) is 6. The van der Waals surface area contributed by atoms with E-state index in [1.165, 1.54) is 24.3 Å². The first kappa shape index (κ1) is 27.5. The van der Waals surface area contributed by atoms with Gasteiger partial charge in [-0.1, -0.05) is 12.1 Å². The molecule has 0 bridgehead atoms. The number of rotatable bonds is 10. The Balaban J connectivity index is 1.16. The predicted molar refractivity (Wildman–Crippen MR) is 140 cm³/mol. The number of nitrogens with zero attached hydrogens (tertiary/aromatic N) is 1. The lowest BCUT2D eigenvalue weighted by atomic mass is 9.97. The van der Waals surface area contributed by atoms with Crippen molar-refractivity contribution >= 4 is 5.97 Å². The predicted octanol–water partition coefficient (Wildman–Crippen LogP) is 6.23. The summed E-state index contributed by atoms with van der Waals surface area (Å²) in [5, 5.41) is 9.93. The Bertz CT molecular complexity index is 1490. The number of alkyl halides is 3. The summed E-state index contributed by atoms with van der Waals surface area (Å²) in [7, 11) is 0. The molecule has 0 spiro atoms. The molecule has 0 radical (unpaired) electrons. The Labute approximate surface area is 234 Å². The number of carbonyl (C=O) groups is 1. The molecule has 216 valence electrons. The van der Waals surface area contributed by atoms with Crippen LogP contribution in [-0.2, 0) is 28.7 Å². The van der Waals surface area contributed by atoms with E-state index in [0.717, 1.165) is 23.3 Å². The minimum Gasteiger partial charge on any atom is -0.493 e. The maximum absolute atomic E-state index is 14.7. The zero-order valence-corrected chi connectivity index (χ0v) is 22.3. The molecule has 2 aromatic carbocycles. The highest BCUT2D eigenvalue weighted by molar-refractivity contribution is 5.79. The lowest BCUT2D eigenvalue weighted by Crippen LogP contribution is -2.13. The van der Waals surface area contributed by atoms with Crippen molar-refractivity contribution in [1.29, 1.82) is 0 Å². The molecular formula is C31H29F4NO5. The normalized spacial score (nSPS) is 21.6. The van der Waals surface area contributed by atoms with Crippen molar-refractivity contribution in [3.63, 3.8) is 0 Å². The molecule has 10 heteroatoms. The second-order valence-corrected chi connectivity index (χ2v) is 11.0. The SMILES string of the molecule is CCOC(=O)C1C2Cc3cc(OCc4cc(-c5ccc(OCCC6(O)CC6)cc5C(F)(F)F)ccc4F)ncc3C21. The van der Waals surface area contributed by atoms with E-state index in [1.54, 1.807) is 19.2 Å². The van der Waals surface area contributed by atoms with Crippen LogP contribution in [0.5, 0.6) is 11.6 Å². The largest absolute Gasteiger partial charge is 0.493 e. The molecule has 3 atom stereocenters. The van der Waals surface area contributed by atoms with Gasteiger partial charge in [-0.3, -0.25) is 4.79 Å². The van der Waals surface area contributed by atoms with E-state index in [2.05, 4.69) is 4.98 Å². The van der Waals surface area contributed by atoms with Crippen molar-refractivity contribution in [2.75, 3.05) is 13.2 Å². The highest BCUT2D eigenvalue weighted by Gasteiger charge is 2.60. The molecule has 1 heterocycles. The summed E-state index contributed by atoms with van der Waals surface area (Å²) in [6.45, 7) is 2.00. The molecule has 3 aliphatic rings. The zero-order chi connectivity index (χ0) is 28.9. The van der Waals surface area contributed by atoms with Gasteiger partial charge in [-0.05, 0) is 78.6 Å². The Morgan fingerprint density at radius 3 is 2.66 bits per heavy atom. The van der Waals surface area contributed by atoms with Gasteiger partial charge in [0.2, 0.25) is 5.88 Å². The summed E-state index contributed by atoms with van der Waals surface area (Å²) in [4.78, 5) is 16.4. The molecule has 3 unspecified atom stereocenters. The third-order valence-corrected chi connectivity index (χ3v) is 8.23. The Morgan fingerprint density at radius 2 is 1.93 bits per heavy atom. The van der Waals surface area contributed by atoms with E-state index in [9.17, 15) is 27.5 Å². The third kappa shape index (κ3) is 5.62. The number of aromatic nitrogens is 1. The number of fused-ring (bicyclic) bond motifs is 3. The molecule has 3 aliphatic carbocycles. The number of halogens is 4. The summed E-state index contributed by atoms with van der Waals surface area (Å²) in [6, 6.07) is 9.20. The van der Waals surface area contributed by atoms with Gasteiger partial charge in [0.05, 0.1) is 30.3 Å². The first-order valence-electron chi connectivity index (χ1n) is 13.7. The lowest BCUT2D eigenvalue weighted by molar-refractivity contribution is -0.145. The number of carbonyl (C=O) groups excluding carboxylic acids is 1. The van der Waals surface area contributed by atoms with Crippen molar-refractivity contribution in [1.82, 2.24) is 4.98 Å². The fourth-order valence-electron chi connectivity index (χ4n) is 5.76. The van der Waals surface area contributed by atoms with Crippen molar-refractivity contribution in [3.05, 3.63) is 76.7 Å². The minimum absolute atomic E-state index is 0.0462. The maximum Gasteiger partial charge on any atom is 0.417 e. The minimum atomic E-state index is -4.67. The smallest absolute Gasteiger partial charge is 0.417 e. The second-order valence-electron chi connectivity index (χ2n) is 11.0. The fourth-order valence-corrected chi connectivity index (χ4v) is 5.76. The van der Waals surface area contributed by atoms with Gasteiger partial charge in [-0.15, -0.1) is 0 Å². The lowest BCUT2D eigenvalue weighted by Gasteiger charge is -2.17. The van der Waals surface area contributed by atoms with Crippen LogP contribution in [0.15, 0.2) is 48.7 Å². The average molecular weight is 572 g/mol. The quantitative estimate of drug-likeness (QED) is 0.230. The molecule has 2 saturated carbocycles. The average Bonchev–Trinajstić information content (AvgIpc) is 3.81. The van der Waals surface area contributed by atoms with Gasteiger partial charge in [0.1, 0.15) is 18.2 Å². The molecule has 1 N–H and O–H groups in total. The standard InChI is InChI=1S/C31H29F4NO5/c1-2-39-29(37)28-22-12-18-13-26(36-15-23(18)27(22)28)41-16-19-11-17(3-6-25(19)32)21-5-4-20(14-24(21)31(33,34)35)40-10-9-30(38)7-8-30/h3-6,11,13-15,22,27-28,38H,2,7-10,12,16H2,1H3. The highest BCUT2D eigenvalue weighted by atomic mass is 19.4. The maximum atomic E-state index is 14.7. The van der Waals surface area contributed by atoms with E-state index in [0.29, 0.717) is 32.3 Å². The van der Waals surface area contributed by atoms with Crippen LogP contribution in [0.3, 0.4) is 0 Å². The van der Waals surface area contributed by atoms with Crippen LogP contribution in [0.1, 0.15) is 54.4 Å². The Morgan fingerprint density at radius 1 is 1.12 bits per heavy atom. The number of esters is 1. The van der Waals surface area contributed by atoms with Crippen LogP contribution in [0.2, 0.25) is 0 Å².